The van der Waals surface area contributed by atoms with Gasteiger partial charge in [0.25, 0.3) is 11.8 Å². The van der Waals surface area contributed by atoms with Crippen LogP contribution in [0.1, 0.15) is 64.7 Å². The molecule has 0 radical (unpaired) electrons. The van der Waals surface area contributed by atoms with Gasteiger partial charge in [-0.15, -0.1) is 0 Å². The molecular weight excluding hydrogens is 351 g/mol. The van der Waals surface area contributed by atoms with Crippen molar-refractivity contribution in [2.24, 2.45) is 5.73 Å². The van der Waals surface area contributed by atoms with Crippen LogP contribution >= 0.6 is 0 Å². The first-order chi connectivity index (χ1) is 12.9. The highest BCUT2D eigenvalue weighted by atomic mass is 19.1. The number of amides is 2. The van der Waals surface area contributed by atoms with Gasteiger partial charge in [0.15, 0.2) is 0 Å². The lowest BCUT2D eigenvalue weighted by Gasteiger charge is -2.23. The molecule has 0 unspecified atom stereocenters. The van der Waals surface area contributed by atoms with E-state index < -0.39 is 17.6 Å². The molecule has 0 saturated heterocycles. The van der Waals surface area contributed by atoms with Gasteiger partial charge in [-0.2, -0.15) is 5.10 Å². The van der Waals surface area contributed by atoms with Gasteiger partial charge in [0.2, 0.25) is 0 Å². The number of rotatable bonds is 5. The van der Waals surface area contributed by atoms with Gasteiger partial charge in [0.1, 0.15) is 17.3 Å². The zero-order valence-corrected chi connectivity index (χ0v) is 15.4. The van der Waals surface area contributed by atoms with Crippen LogP contribution in [0.4, 0.5) is 10.1 Å². The van der Waals surface area contributed by atoms with Crippen LogP contribution in [0.2, 0.25) is 0 Å². The first kappa shape index (κ1) is 18.9. The molecule has 27 heavy (non-hydrogen) atoms. The third-order valence-corrected chi connectivity index (χ3v) is 4.88. The van der Waals surface area contributed by atoms with Gasteiger partial charge in [-0.3, -0.25) is 14.3 Å². The summed E-state index contributed by atoms with van der Waals surface area (Å²) >= 11 is 0. The first-order valence-electron chi connectivity index (χ1n) is 8.96. The normalized spacial score (nSPS) is 14.8. The lowest BCUT2D eigenvalue weighted by molar-refractivity contribution is 0.0986. The number of nitrogens with two attached hydrogens (primary N) is 1. The van der Waals surface area contributed by atoms with Crippen molar-refractivity contribution in [3.63, 3.8) is 0 Å². The Hall–Kier alpha value is -2.90. The van der Waals surface area contributed by atoms with Crippen LogP contribution in [-0.4, -0.2) is 28.7 Å². The van der Waals surface area contributed by atoms with Crippen molar-refractivity contribution in [1.82, 2.24) is 9.78 Å². The number of methoxy groups -OCH3 is 1. The fourth-order valence-corrected chi connectivity index (χ4v) is 3.56. The van der Waals surface area contributed by atoms with E-state index in [2.05, 4.69) is 10.4 Å². The number of nitrogens with one attached hydrogen (secondary N) is 1. The molecule has 0 bridgehead atoms. The minimum absolute atomic E-state index is 0.0257. The molecule has 1 saturated carbocycles. The summed E-state index contributed by atoms with van der Waals surface area (Å²) in [6.07, 6.45) is 5.10. The lowest BCUT2D eigenvalue weighted by Crippen LogP contribution is -2.24. The van der Waals surface area contributed by atoms with Gasteiger partial charge in [0, 0.05) is 0 Å². The van der Waals surface area contributed by atoms with Gasteiger partial charge in [-0.1, -0.05) is 19.3 Å². The highest BCUT2D eigenvalue weighted by Crippen LogP contribution is 2.32. The number of hydrogen-bond donors (Lipinski definition) is 2. The molecule has 1 fully saturated rings. The quantitative estimate of drug-likeness (QED) is 0.839. The van der Waals surface area contributed by atoms with Crippen LogP contribution in [0.5, 0.6) is 5.75 Å². The van der Waals surface area contributed by atoms with Crippen molar-refractivity contribution < 1.29 is 18.7 Å². The van der Waals surface area contributed by atoms with E-state index in [0.29, 0.717) is 5.69 Å². The molecule has 0 aliphatic heterocycles. The molecule has 1 heterocycles. The Labute approximate surface area is 156 Å². The molecular formula is C19H23FN4O3. The second kappa shape index (κ2) is 7.77. The molecule has 1 aromatic carbocycles. The van der Waals surface area contributed by atoms with Crippen LogP contribution < -0.4 is 15.8 Å². The van der Waals surface area contributed by atoms with E-state index in [1.165, 1.54) is 19.2 Å². The molecule has 2 amide bonds. The lowest BCUT2D eigenvalue weighted by atomic mass is 9.95. The Morgan fingerprint density at radius 1 is 1.30 bits per heavy atom. The van der Waals surface area contributed by atoms with Crippen molar-refractivity contribution in [2.75, 3.05) is 12.4 Å². The number of benzene rings is 1. The number of primary amides is 1. The second-order valence-corrected chi connectivity index (χ2v) is 6.71. The van der Waals surface area contributed by atoms with Gasteiger partial charge < -0.3 is 15.8 Å². The zero-order chi connectivity index (χ0) is 19.6. The van der Waals surface area contributed by atoms with Crippen molar-refractivity contribution >= 4 is 17.5 Å². The summed E-state index contributed by atoms with van der Waals surface area (Å²) in [4.78, 5) is 24.8. The Balaban J connectivity index is 1.97. The fourth-order valence-electron chi connectivity index (χ4n) is 3.56. The van der Waals surface area contributed by atoms with E-state index in [4.69, 9.17) is 10.5 Å². The monoisotopic (exact) mass is 374 g/mol. The molecule has 1 aliphatic rings. The molecule has 2 aromatic rings. The summed E-state index contributed by atoms with van der Waals surface area (Å²) < 4.78 is 20.4. The van der Waals surface area contributed by atoms with E-state index in [-0.39, 0.29) is 28.7 Å². The number of ether oxygens (including phenoxy) is 1. The van der Waals surface area contributed by atoms with Gasteiger partial charge in [-0.25, -0.2) is 4.39 Å². The largest absolute Gasteiger partial charge is 0.496 e. The van der Waals surface area contributed by atoms with E-state index in [0.717, 1.165) is 38.2 Å². The fraction of sp³-hybridized carbons (Fsp3) is 0.421. The highest BCUT2D eigenvalue weighted by molar-refractivity contribution is 6.09. The third-order valence-electron chi connectivity index (χ3n) is 4.88. The van der Waals surface area contributed by atoms with Crippen molar-refractivity contribution in [3.05, 3.63) is 41.0 Å². The van der Waals surface area contributed by atoms with Gasteiger partial charge in [-0.05, 0) is 38.0 Å². The van der Waals surface area contributed by atoms with E-state index in [1.54, 1.807) is 11.6 Å². The number of anilines is 1. The number of carbonyl (C=O) groups is 2. The summed E-state index contributed by atoms with van der Waals surface area (Å²) in [6, 6.07) is 3.74. The summed E-state index contributed by atoms with van der Waals surface area (Å²) in [7, 11) is 1.39. The topological polar surface area (TPSA) is 99.2 Å². The van der Waals surface area contributed by atoms with Crippen LogP contribution in [0.15, 0.2) is 18.2 Å². The number of carbonyl (C=O) groups excluding carboxylic acids is 2. The molecule has 7 nitrogen and oxygen atoms in total. The Morgan fingerprint density at radius 2 is 2.00 bits per heavy atom. The molecule has 0 atom stereocenters. The maximum atomic E-state index is 13.6. The first-order valence-corrected chi connectivity index (χ1v) is 8.96. The van der Waals surface area contributed by atoms with E-state index in [1.807, 2.05) is 0 Å². The molecule has 3 N–H and O–H groups in total. The summed E-state index contributed by atoms with van der Waals surface area (Å²) in [5.41, 5.74) is 6.53. The predicted octanol–water partition coefficient (Wildman–Crippen LogP) is 3.20. The standard InChI is InChI=1S/C19H23FN4O3/c1-11-16(22-19(26)14-10-12(20)8-9-15(14)27-2)17(18(21)25)24(23-11)13-6-4-3-5-7-13/h8-10,13H,3-7H2,1-2H3,(H2,21,25)(H,22,26). The average Bonchev–Trinajstić information content (AvgIpc) is 2.99. The smallest absolute Gasteiger partial charge is 0.269 e. The second-order valence-electron chi connectivity index (χ2n) is 6.71. The molecule has 3 rings (SSSR count). The van der Waals surface area contributed by atoms with Crippen LogP contribution in [0.3, 0.4) is 0 Å². The number of nitrogens with zero attached hydrogens (tertiary/aromatic N) is 2. The van der Waals surface area contributed by atoms with Crippen molar-refractivity contribution in [2.45, 2.75) is 45.1 Å². The summed E-state index contributed by atoms with van der Waals surface area (Å²) in [5, 5.41) is 7.13. The molecule has 1 aromatic heterocycles. The zero-order valence-electron chi connectivity index (χ0n) is 15.4. The van der Waals surface area contributed by atoms with Crippen molar-refractivity contribution in [1.29, 1.82) is 0 Å². The predicted molar refractivity (Wildman–Crippen MR) is 98.5 cm³/mol. The highest BCUT2D eigenvalue weighted by Gasteiger charge is 2.27. The summed E-state index contributed by atoms with van der Waals surface area (Å²) in [5.74, 6) is -1.60. The summed E-state index contributed by atoms with van der Waals surface area (Å²) in [6.45, 7) is 1.70. The maximum absolute atomic E-state index is 13.6. The molecule has 8 heteroatoms. The van der Waals surface area contributed by atoms with E-state index in [9.17, 15) is 14.0 Å². The molecule has 144 valence electrons. The Kier molecular flexibility index (Phi) is 5.43. The molecule has 1 aliphatic carbocycles. The van der Waals surface area contributed by atoms with Gasteiger partial charge in [0.05, 0.1) is 30.1 Å². The minimum atomic E-state index is -0.664. The van der Waals surface area contributed by atoms with Crippen LogP contribution in [0, 0.1) is 12.7 Å². The van der Waals surface area contributed by atoms with Crippen LogP contribution in [0.25, 0.3) is 0 Å². The number of aromatic nitrogens is 2. The number of aryl methyl sites for hydroxylation is 1. The average molecular weight is 374 g/mol. The SMILES string of the molecule is COc1ccc(F)cc1C(=O)Nc1c(C)nn(C2CCCCC2)c1C(N)=O. The minimum Gasteiger partial charge on any atom is -0.496 e. The number of halogens is 1. The number of hydrogen-bond acceptors (Lipinski definition) is 4. The maximum Gasteiger partial charge on any atom is 0.269 e. The molecule has 0 spiro atoms. The van der Waals surface area contributed by atoms with E-state index >= 15 is 0 Å². The third kappa shape index (κ3) is 3.79. The Morgan fingerprint density at radius 3 is 2.63 bits per heavy atom. The van der Waals surface area contributed by atoms with Crippen molar-refractivity contribution in [3.8, 4) is 5.75 Å². The van der Waals surface area contributed by atoms with Gasteiger partial charge >= 0.3 is 0 Å². The van der Waals surface area contributed by atoms with Crippen LogP contribution in [-0.2, 0) is 0 Å². The Bertz CT molecular complexity index is 872.